The molecule has 1 aliphatic rings. The fourth-order valence-corrected chi connectivity index (χ4v) is 2.79. The molecule has 1 fully saturated rings. The van der Waals surface area contributed by atoms with Gasteiger partial charge in [-0.05, 0) is 43.0 Å². The molecule has 0 saturated carbocycles. The van der Waals surface area contributed by atoms with Gasteiger partial charge in [0.1, 0.15) is 6.26 Å². The molecule has 1 aliphatic heterocycles. The number of furan rings is 1. The Morgan fingerprint density at radius 1 is 1.12 bits per heavy atom. The van der Waals surface area contributed by atoms with Gasteiger partial charge in [-0.1, -0.05) is 6.07 Å². The Kier molecular flexibility index (Phi) is 7.20. The van der Waals surface area contributed by atoms with E-state index >= 15 is 0 Å². The minimum absolute atomic E-state index is 0. The molecule has 1 aromatic heterocycles. The fourth-order valence-electron chi connectivity index (χ4n) is 2.79. The van der Waals surface area contributed by atoms with Crippen LogP contribution in [0.3, 0.4) is 0 Å². The van der Waals surface area contributed by atoms with Crippen molar-refractivity contribution in [2.24, 2.45) is 11.7 Å². The van der Waals surface area contributed by atoms with Crippen LogP contribution < -0.4 is 16.4 Å². The Bertz CT molecular complexity index is 730. The average Bonchev–Trinajstić information content (AvgIpc) is 3.17. The number of benzene rings is 1. The number of amides is 2. The summed E-state index contributed by atoms with van der Waals surface area (Å²) in [5.41, 5.74) is 7.66. The Morgan fingerprint density at radius 3 is 2.46 bits per heavy atom. The molecular weight excluding hydrogens is 358 g/mol. The Hall–Kier alpha value is -2.35. The van der Waals surface area contributed by atoms with Gasteiger partial charge in [0.25, 0.3) is 5.91 Å². The summed E-state index contributed by atoms with van der Waals surface area (Å²) in [6, 6.07) is 7.93. The van der Waals surface area contributed by atoms with E-state index < -0.39 is 6.04 Å². The third kappa shape index (κ3) is 5.08. The molecule has 1 aromatic carbocycles. The summed E-state index contributed by atoms with van der Waals surface area (Å²) in [4.78, 5) is 24.4. The number of ether oxygens (including phenoxy) is 1. The van der Waals surface area contributed by atoms with E-state index in [4.69, 9.17) is 14.9 Å². The third-order valence-corrected chi connectivity index (χ3v) is 4.25. The lowest BCUT2D eigenvalue weighted by atomic mass is 9.92. The van der Waals surface area contributed by atoms with Crippen LogP contribution in [0, 0.1) is 5.92 Å². The molecule has 7 nitrogen and oxygen atoms in total. The molecule has 0 bridgehead atoms. The molecule has 1 unspecified atom stereocenters. The van der Waals surface area contributed by atoms with Crippen molar-refractivity contribution in [1.29, 1.82) is 0 Å². The largest absolute Gasteiger partial charge is 0.472 e. The van der Waals surface area contributed by atoms with Crippen molar-refractivity contribution < 1.29 is 18.7 Å². The van der Waals surface area contributed by atoms with Gasteiger partial charge in [-0.3, -0.25) is 9.59 Å². The van der Waals surface area contributed by atoms with E-state index in [-0.39, 0.29) is 30.1 Å². The standard InChI is InChI=1S/C18H21N3O4.ClH/c19-16(12-4-7-24-8-5-12)18(23)21-15-3-1-2-14(10-15)20-17(22)13-6-9-25-11-13;/h1-3,6,9-12,16H,4-5,7-8,19H2,(H,20,22)(H,21,23);1H. The molecule has 1 atom stereocenters. The van der Waals surface area contributed by atoms with Gasteiger partial charge in [0.2, 0.25) is 5.91 Å². The predicted octanol–water partition coefficient (Wildman–Crippen LogP) is 2.65. The zero-order chi connectivity index (χ0) is 17.6. The first-order valence-corrected chi connectivity index (χ1v) is 8.21. The number of hydrogen-bond donors (Lipinski definition) is 3. The summed E-state index contributed by atoms with van der Waals surface area (Å²) in [6.07, 6.45) is 4.38. The van der Waals surface area contributed by atoms with Crippen molar-refractivity contribution in [3.05, 3.63) is 48.4 Å². The minimum atomic E-state index is -0.576. The molecular formula is C18H22ClN3O4. The van der Waals surface area contributed by atoms with E-state index in [1.165, 1.54) is 12.5 Å². The maximum absolute atomic E-state index is 12.4. The monoisotopic (exact) mass is 379 g/mol. The van der Waals surface area contributed by atoms with Crippen LogP contribution in [0.2, 0.25) is 0 Å². The van der Waals surface area contributed by atoms with E-state index in [1.807, 2.05) is 0 Å². The summed E-state index contributed by atoms with van der Waals surface area (Å²) >= 11 is 0. The second-order valence-electron chi connectivity index (χ2n) is 6.01. The summed E-state index contributed by atoms with van der Waals surface area (Å²) in [7, 11) is 0. The number of anilines is 2. The number of carbonyl (C=O) groups is 2. The molecule has 3 rings (SSSR count). The summed E-state index contributed by atoms with van der Waals surface area (Å²) in [6.45, 7) is 1.28. The summed E-state index contributed by atoms with van der Waals surface area (Å²) < 4.78 is 10.2. The van der Waals surface area contributed by atoms with Gasteiger partial charge in [0.15, 0.2) is 0 Å². The minimum Gasteiger partial charge on any atom is -0.472 e. The van der Waals surface area contributed by atoms with Crippen LogP contribution in [0.1, 0.15) is 23.2 Å². The number of nitrogens with two attached hydrogens (primary N) is 1. The maximum atomic E-state index is 12.4. The van der Waals surface area contributed by atoms with Crippen LogP contribution in [0.5, 0.6) is 0 Å². The molecule has 2 aromatic rings. The highest BCUT2D eigenvalue weighted by molar-refractivity contribution is 6.04. The molecule has 2 heterocycles. The average molecular weight is 380 g/mol. The van der Waals surface area contributed by atoms with Crippen LogP contribution >= 0.6 is 12.4 Å². The number of halogens is 1. The topological polar surface area (TPSA) is 107 Å². The fraction of sp³-hybridized carbons (Fsp3) is 0.333. The van der Waals surface area contributed by atoms with Crippen LogP contribution in [-0.4, -0.2) is 31.1 Å². The van der Waals surface area contributed by atoms with Crippen molar-refractivity contribution in [3.8, 4) is 0 Å². The van der Waals surface area contributed by atoms with Gasteiger partial charge in [0, 0.05) is 24.6 Å². The van der Waals surface area contributed by atoms with Crippen molar-refractivity contribution in [1.82, 2.24) is 0 Å². The normalized spacial score (nSPS) is 15.6. The summed E-state index contributed by atoms with van der Waals surface area (Å²) in [5, 5.41) is 5.57. The first-order valence-electron chi connectivity index (χ1n) is 8.21. The molecule has 4 N–H and O–H groups in total. The molecule has 8 heteroatoms. The lowest BCUT2D eigenvalue weighted by Crippen LogP contribution is -2.44. The zero-order valence-electron chi connectivity index (χ0n) is 14.1. The lowest BCUT2D eigenvalue weighted by Gasteiger charge is -2.26. The van der Waals surface area contributed by atoms with Gasteiger partial charge < -0.3 is 25.5 Å². The molecule has 0 radical (unpaired) electrons. The number of hydrogen-bond acceptors (Lipinski definition) is 5. The Labute approximate surface area is 157 Å². The third-order valence-electron chi connectivity index (χ3n) is 4.25. The first kappa shape index (κ1) is 20.0. The second-order valence-corrected chi connectivity index (χ2v) is 6.01. The molecule has 1 saturated heterocycles. The van der Waals surface area contributed by atoms with Gasteiger partial charge in [-0.25, -0.2) is 0 Å². The van der Waals surface area contributed by atoms with E-state index in [1.54, 1.807) is 30.3 Å². The highest BCUT2D eigenvalue weighted by Gasteiger charge is 2.26. The zero-order valence-corrected chi connectivity index (χ0v) is 15.0. The van der Waals surface area contributed by atoms with Gasteiger partial charge >= 0.3 is 0 Å². The number of carbonyl (C=O) groups excluding carboxylic acids is 2. The highest BCUT2D eigenvalue weighted by Crippen LogP contribution is 2.20. The molecule has 0 spiro atoms. The van der Waals surface area contributed by atoms with E-state index in [0.29, 0.717) is 30.2 Å². The smallest absolute Gasteiger partial charge is 0.258 e. The van der Waals surface area contributed by atoms with Crippen LogP contribution in [-0.2, 0) is 9.53 Å². The maximum Gasteiger partial charge on any atom is 0.258 e. The first-order chi connectivity index (χ1) is 12.1. The Balaban J connectivity index is 0.00000243. The van der Waals surface area contributed by atoms with Gasteiger partial charge in [-0.15, -0.1) is 12.4 Å². The predicted molar refractivity (Wildman–Crippen MR) is 100 cm³/mol. The second kappa shape index (κ2) is 9.38. The quantitative estimate of drug-likeness (QED) is 0.740. The van der Waals surface area contributed by atoms with Crippen molar-refractivity contribution in [3.63, 3.8) is 0 Å². The highest BCUT2D eigenvalue weighted by atomic mass is 35.5. The molecule has 140 valence electrons. The SMILES string of the molecule is Cl.NC(C(=O)Nc1cccc(NC(=O)c2ccoc2)c1)C1CCOCC1. The van der Waals surface area contributed by atoms with Gasteiger partial charge in [0.05, 0.1) is 17.9 Å². The van der Waals surface area contributed by atoms with Crippen molar-refractivity contribution >= 4 is 35.6 Å². The van der Waals surface area contributed by atoms with Crippen molar-refractivity contribution in [2.75, 3.05) is 23.8 Å². The summed E-state index contributed by atoms with van der Waals surface area (Å²) in [5.74, 6) is -0.390. The lowest BCUT2D eigenvalue weighted by molar-refractivity contribution is -0.119. The van der Waals surface area contributed by atoms with E-state index in [9.17, 15) is 9.59 Å². The van der Waals surface area contributed by atoms with Crippen molar-refractivity contribution in [2.45, 2.75) is 18.9 Å². The molecule has 0 aliphatic carbocycles. The van der Waals surface area contributed by atoms with E-state index in [2.05, 4.69) is 10.6 Å². The van der Waals surface area contributed by atoms with E-state index in [0.717, 1.165) is 12.8 Å². The number of rotatable bonds is 5. The Morgan fingerprint density at radius 2 is 1.81 bits per heavy atom. The van der Waals surface area contributed by atoms with Crippen LogP contribution in [0.15, 0.2) is 47.3 Å². The van der Waals surface area contributed by atoms with Crippen LogP contribution in [0.25, 0.3) is 0 Å². The molecule has 2 amide bonds. The van der Waals surface area contributed by atoms with Gasteiger partial charge in [-0.2, -0.15) is 0 Å². The number of nitrogens with one attached hydrogen (secondary N) is 2. The van der Waals surface area contributed by atoms with Crippen LogP contribution in [0.4, 0.5) is 11.4 Å². The molecule has 26 heavy (non-hydrogen) atoms.